The maximum atomic E-state index is 12.5. The predicted molar refractivity (Wildman–Crippen MR) is 85.9 cm³/mol. The van der Waals surface area contributed by atoms with E-state index in [1.807, 2.05) is 63.2 Å². The van der Waals surface area contributed by atoms with Gasteiger partial charge in [-0.3, -0.25) is 4.79 Å². The molecule has 0 aliphatic heterocycles. The molecule has 4 nitrogen and oxygen atoms in total. The number of hydrogen-bond acceptors (Lipinski definition) is 4. The Morgan fingerprint density at radius 2 is 1.86 bits per heavy atom. The summed E-state index contributed by atoms with van der Waals surface area (Å²) in [7, 11) is 3.90. The van der Waals surface area contributed by atoms with Gasteiger partial charge in [0, 0.05) is 23.6 Å². The van der Waals surface area contributed by atoms with Crippen molar-refractivity contribution in [3.63, 3.8) is 0 Å². The smallest absolute Gasteiger partial charge is 0.207 e. The molecule has 0 atom stereocenters. The second-order valence-corrected chi connectivity index (χ2v) is 5.89. The van der Waals surface area contributed by atoms with Crippen LogP contribution in [0.4, 0.5) is 0 Å². The Balaban J connectivity index is 0.00000220. The van der Waals surface area contributed by atoms with E-state index >= 15 is 0 Å². The van der Waals surface area contributed by atoms with Crippen molar-refractivity contribution in [2.45, 2.75) is 13.8 Å². The number of carbonyl (C=O) groups excluding carboxylic acids is 1. The fraction of sp³-hybridized carbons (Fsp3) is 0.375. The number of Topliss-reactive ketones (excluding diaryl/α,β-unsaturated/α-hetero) is 1. The molecule has 1 heterocycles. The Labute approximate surface area is 131 Å². The zero-order valence-electron chi connectivity index (χ0n) is 12.8. The Morgan fingerprint density at radius 3 is 2.43 bits per heavy atom. The van der Waals surface area contributed by atoms with E-state index in [4.69, 9.17) is 4.52 Å². The molecule has 0 bridgehead atoms. The van der Waals surface area contributed by atoms with Crippen LogP contribution in [0.15, 0.2) is 40.9 Å². The van der Waals surface area contributed by atoms with Crippen LogP contribution < -0.4 is 0 Å². The molecule has 1 aromatic heterocycles. The normalized spacial score (nSPS) is 11.3. The Kier molecular flexibility index (Phi) is 5.70. The summed E-state index contributed by atoms with van der Waals surface area (Å²) in [5.41, 5.74) is 1.13. The maximum absolute atomic E-state index is 12.5. The number of rotatable bonds is 5. The molecule has 1 aromatic carbocycles. The second-order valence-electron chi connectivity index (χ2n) is 5.89. The zero-order chi connectivity index (χ0) is 14.8. The summed E-state index contributed by atoms with van der Waals surface area (Å²) in [4.78, 5) is 14.5. The van der Waals surface area contributed by atoms with Gasteiger partial charge in [-0.15, -0.1) is 12.4 Å². The standard InChI is InChI=1S/C16H20N2O2.ClH/c1-16(2,11-18(3)4)15(19)14-10-13(17-20-14)12-8-6-5-7-9-12;/h5-10H,11H2,1-4H3;1H. The van der Waals surface area contributed by atoms with Crippen molar-refractivity contribution in [3.05, 3.63) is 42.2 Å². The van der Waals surface area contributed by atoms with Gasteiger partial charge in [0.1, 0.15) is 5.69 Å². The van der Waals surface area contributed by atoms with Gasteiger partial charge in [0.25, 0.3) is 0 Å². The highest BCUT2D eigenvalue weighted by Gasteiger charge is 2.32. The first-order chi connectivity index (χ1) is 9.40. The van der Waals surface area contributed by atoms with E-state index in [1.165, 1.54) is 0 Å². The SMILES string of the molecule is CN(C)CC(C)(C)C(=O)c1cc(-c2ccccc2)no1.Cl. The number of ketones is 1. The predicted octanol–water partition coefficient (Wildman–Crippen LogP) is 3.53. The van der Waals surface area contributed by atoms with Crippen LogP contribution in [-0.2, 0) is 0 Å². The Morgan fingerprint density at radius 1 is 1.24 bits per heavy atom. The van der Waals surface area contributed by atoms with Gasteiger partial charge in [-0.25, -0.2) is 0 Å². The van der Waals surface area contributed by atoms with E-state index in [0.29, 0.717) is 18.0 Å². The molecule has 0 aliphatic rings. The first kappa shape index (κ1) is 17.4. The monoisotopic (exact) mass is 308 g/mol. The molecule has 21 heavy (non-hydrogen) atoms. The van der Waals surface area contributed by atoms with Crippen molar-refractivity contribution in [1.82, 2.24) is 10.1 Å². The van der Waals surface area contributed by atoms with Gasteiger partial charge < -0.3 is 9.42 Å². The third-order valence-corrected chi connectivity index (χ3v) is 3.13. The highest BCUT2D eigenvalue weighted by molar-refractivity contribution is 5.98. The third kappa shape index (κ3) is 4.16. The summed E-state index contributed by atoms with van der Waals surface area (Å²) in [6.45, 7) is 4.49. The quantitative estimate of drug-likeness (QED) is 0.793. The highest BCUT2D eigenvalue weighted by Crippen LogP contribution is 2.26. The lowest BCUT2D eigenvalue weighted by Gasteiger charge is -2.25. The average molecular weight is 309 g/mol. The van der Waals surface area contributed by atoms with Crippen molar-refractivity contribution < 1.29 is 9.32 Å². The lowest BCUT2D eigenvalue weighted by molar-refractivity contribution is 0.0757. The fourth-order valence-corrected chi connectivity index (χ4v) is 2.32. The van der Waals surface area contributed by atoms with E-state index in [9.17, 15) is 4.79 Å². The summed E-state index contributed by atoms with van der Waals surface area (Å²) < 4.78 is 5.23. The minimum absolute atomic E-state index is 0. The molecule has 2 aromatic rings. The first-order valence-corrected chi connectivity index (χ1v) is 6.62. The molecule has 0 amide bonds. The molecule has 0 unspecified atom stereocenters. The minimum atomic E-state index is -0.503. The number of benzene rings is 1. The van der Waals surface area contributed by atoms with Gasteiger partial charge in [0.05, 0.1) is 0 Å². The molecule has 2 rings (SSSR count). The molecule has 0 saturated heterocycles. The van der Waals surface area contributed by atoms with Gasteiger partial charge in [-0.1, -0.05) is 49.3 Å². The van der Waals surface area contributed by atoms with E-state index in [1.54, 1.807) is 6.07 Å². The van der Waals surface area contributed by atoms with Crippen molar-refractivity contribution in [1.29, 1.82) is 0 Å². The molecule has 0 radical (unpaired) electrons. The lowest BCUT2D eigenvalue weighted by atomic mass is 9.86. The van der Waals surface area contributed by atoms with Crippen molar-refractivity contribution >= 4 is 18.2 Å². The zero-order valence-corrected chi connectivity index (χ0v) is 13.6. The first-order valence-electron chi connectivity index (χ1n) is 6.62. The molecular weight excluding hydrogens is 288 g/mol. The molecule has 0 fully saturated rings. The van der Waals surface area contributed by atoms with Gasteiger partial charge in [-0.2, -0.15) is 0 Å². The largest absolute Gasteiger partial charge is 0.352 e. The van der Waals surface area contributed by atoms with Crippen LogP contribution in [0.25, 0.3) is 11.3 Å². The number of aromatic nitrogens is 1. The molecule has 0 spiro atoms. The Bertz CT molecular complexity index is 591. The number of hydrogen-bond donors (Lipinski definition) is 0. The molecule has 5 heteroatoms. The fourth-order valence-electron chi connectivity index (χ4n) is 2.32. The van der Waals surface area contributed by atoms with Crippen molar-refractivity contribution in [2.75, 3.05) is 20.6 Å². The second kappa shape index (κ2) is 6.87. The highest BCUT2D eigenvalue weighted by atomic mass is 35.5. The van der Waals surface area contributed by atoms with Gasteiger partial charge >= 0.3 is 0 Å². The van der Waals surface area contributed by atoms with Crippen molar-refractivity contribution in [2.24, 2.45) is 5.41 Å². The molecular formula is C16H21ClN2O2. The van der Waals surface area contributed by atoms with Crippen LogP contribution in [0.5, 0.6) is 0 Å². The van der Waals surface area contributed by atoms with E-state index in [2.05, 4.69) is 5.16 Å². The summed E-state index contributed by atoms with van der Waals surface area (Å²) in [6.07, 6.45) is 0. The van der Waals surface area contributed by atoms with Gasteiger partial charge in [-0.05, 0) is 14.1 Å². The van der Waals surface area contributed by atoms with Crippen LogP contribution in [0.1, 0.15) is 24.4 Å². The maximum Gasteiger partial charge on any atom is 0.207 e. The van der Waals surface area contributed by atoms with E-state index in [0.717, 1.165) is 5.56 Å². The number of nitrogens with zero attached hydrogens (tertiary/aromatic N) is 2. The average Bonchev–Trinajstić information content (AvgIpc) is 2.86. The van der Waals surface area contributed by atoms with Crippen LogP contribution in [0.3, 0.4) is 0 Å². The van der Waals surface area contributed by atoms with Crippen LogP contribution in [-0.4, -0.2) is 36.5 Å². The molecule has 0 aliphatic carbocycles. The number of halogens is 1. The van der Waals surface area contributed by atoms with Crippen molar-refractivity contribution in [3.8, 4) is 11.3 Å². The van der Waals surface area contributed by atoms with E-state index in [-0.39, 0.29) is 18.2 Å². The minimum Gasteiger partial charge on any atom is -0.352 e. The van der Waals surface area contributed by atoms with E-state index < -0.39 is 5.41 Å². The molecule has 0 N–H and O–H groups in total. The van der Waals surface area contributed by atoms with Gasteiger partial charge in [0.2, 0.25) is 11.5 Å². The van der Waals surface area contributed by atoms with Crippen LogP contribution in [0.2, 0.25) is 0 Å². The lowest BCUT2D eigenvalue weighted by Crippen LogP contribution is -2.35. The number of carbonyl (C=O) groups is 1. The summed E-state index contributed by atoms with van der Waals surface area (Å²) >= 11 is 0. The van der Waals surface area contributed by atoms with Crippen LogP contribution in [0, 0.1) is 5.41 Å². The Hall–Kier alpha value is -1.65. The summed E-state index contributed by atoms with van der Waals surface area (Å²) in [5.74, 6) is 0.289. The summed E-state index contributed by atoms with van der Waals surface area (Å²) in [6, 6.07) is 11.4. The molecule has 114 valence electrons. The van der Waals surface area contributed by atoms with Gasteiger partial charge in [0.15, 0.2) is 0 Å². The molecule has 0 saturated carbocycles. The topological polar surface area (TPSA) is 46.3 Å². The summed E-state index contributed by atoms with van der Waals surface area (Å²) in [5, 5.41) is 3.99. The van der Waals surface area contributed by atoms with Crippen LogP contribution >= 0.6 is 12.4 Å². The third-order valence-electron chi connectivity index (χ3n) is 3.13.